The molecule has 0 aliphatic heterocycles. The number of carbonyl (C=O) groups is 1. The summed E-state index contributed by atoms with van der Waals surface area (Å²) >= 11 is 0. The number of carbonyl (C=O) groups excluding carboxylic acids is 1. The molecule has 2 rings (SSSR count). The Labute approximate surface area is 135 Å². The van der Waals surface area contributed by atoms with E-state index < -0.39 is 5.82 Å². The predicted molar refractivity (Wildman–Crippen MR) is 85.9 cm³/mol. The van der Waals surface area contributed by atoms with E-state index in [-0.39, 0.29) is 11.7 Å². The summed E-state index contributed by atoms with van der Waals surface area (Å²) in [6.45, 7) is 0.828. The minimum absolute atomic E-state index is 0.120. The molecule has 0 spiro atoms. The lowest BCUT2D eigenvalue weighted by Crippen LogP contribution is -2.26. The number of benzene rings is 2. The largest absolute Gasteiger partial charge is 0.494 e. The smallest absolute Gasteiger partial charge is 0.253 e. The van der Waals surface area contributed by atoms with E-state index in [1.54, 1.807) is 43.3 Å². The number of hydrogen-bond donors (Lipinski definition) is 0. The van der Waals surface area contributed by atoms with Crippen LogP contribution in [0.5, 0.6) is 5.75 Å². The molecule has 0 bridgehead atoms. The summed E-state index contributed by atoms with van der Waals surface area (Å²) in [6, 6.07) is 11.9. The van der Waals surface area contributed by atoms with Gasteiger partial charge in [-0.25, -0.2) is 4.39 Å². The van der Waals surface area contributed by atoms with Crippen molar-refractivity contribution < 1.29 is 18.7 Å². The fourth-order valence-electron chi connectivity index (χ4n) is 2.28. The van der Waals surface area contributed by atoms with Crippen LogP contribution in [0.4, 0.5) is 4.39 Å². The summed E-state index contributed by atoms with van der Waals surface area (Å²) in [5.74, 6) is -0.364. The number of methoxy groups -OCH3 is 2. The van der Waals surface area contributed by atoms with Crippen LogP contribution >= 0.6 is 0 Å². The molecule has 0 fully saturated rings. The quantitative estimate of drug-likeness (QED) is 0.821. The lowest BCUT2D eigenvalue weighted by molar-refractivity contribution is 0.0785. The average molecular weight is 317 g/mol. The van der Waals surface area contributed by atoms with Gasteiger partial charge in [0.1, 0.15) is 0 Å². The van der Waals surface area contributed by atoms with Crippen molar-refractivity contribution in [1.82, 2.24) is 4.90 Å². The fourth-order valence-corrected chi connectivity index (χ4v) is 2.28. The van der Waals surface area contributed by atoms with Gasteiger partial charge in [0.25, 0.3) is 5.91 Å². The summed E-state index contributed by atoms with van der Waals surface area (Å²) in [6.07, 6.45) is 0. The Balaban J connectivity index is 2.06. The van der Waals surface area contributed by atoms with Crippen LogP contribution in [0.2, 0.25) is 0 Å². The second kappa shape index (κ2) is 7.74. The predicted octanol–water partition coefficient (Wildman–Crippen LogP) is 3.25. The third-order valence-corrected chi connectivity index (χ3v) is 3.49. The summed E-state index contributed by atoms with van der Waals surface area (Å²) < 4.78 is 23.6. The standard InChI is InChI=1S/C18H20FNO3/c1-20(11-14-6-9-17(23-3)16(19)10-14)18(21)15-7-4-13(5-8-15)12-22-2/h4-10H,11-12H2,1-3H3. The van der Waals surface area contributed by atoms with Crippen LogP contribution in [0.1, 0.15) is 21.5 Å². The molecule has 0 aromatic heterocycles. The topological polar surface area (TPSA) is 38.8 Å². The maximum atomic E-state index is 13.7. The number of amides is 1. The van der Waals surface area contributed by atoms with Crippen molar-refractivity contribution in [2.45, 2.75) is 13.2 Å². The van der Waals surface area contributed by atoms with E-state index in [9.17, 15) is 9.18 Å². The van der Waals surface area contributed by atoms with Gasteiger partial charge in [-0.3, -0.25) is 4.79 Å². The highest BCUT2D eigenvalue weighted by Gasteiger charge is 2.13. The van der Waals surface area contributed by atoms with E-state index >= 15 is 0 Å². The van der Waals surface area contributed by atoms with Crippen molar-refractivity contribution >= 4 is 5.91 Å². The molecule has 0 aliphatic rings. The van der Waals surface area contributed by atoms with Crippen LogP contribution in [-0.4, -0.2) is 32.1 Å². The van der Waals surface area contributed by atoms with Crippen molar-refractivity contribution in [2.24, 2.45) is 0 Å². The second-order valence-electron chi connectivity index (χ2n) is 5.26. The maximum absolute atomic E-state index is 13.7. The number of ether oxygens (including phenoxy) is 2. The molecule has 5 heteroatoms. The van der Waals surface area contributed by atoms with Crippen molar-refractivity contribution in [3.8, 4) is 5.75 Å². The third kappa shape index (κ3) is 4.29. The Morgan fingerprint density at radius 2 is 1.74 bits per heavy atom. The van der Waals surface area contributed by atoms with Gasteiger partial charge in [0, 0.05) is 26.3 Å². The molecule has 0 aliphatic carbocycles. The van der Waals surface area contributed by atoms with Gasteiger partial charge in [-0.15, -0.1) is 0 Å². The van der Waals surface area contributed by atoms with E-state index in [4.69, 9.17) is 9.47 Å². The van der Waals surface area contributed by atoms with Crippen molar-refractivity contribution in [3.05, 3.63) is 65.0 Å². The maximum Gasteiger partial charge on any atom is 0.253 e. The normalized spacial score (nSPS) is 10.4. The highest BCUT2D eigenvalue weighted by atomic mass is 19.1. The van der Waals surface area contributed by atoms with Crippen LogP contribution in [0.25, 0.3) is 0 Å². The average Bonchev–Trinajstić information content (AvgIpc) is 2.55. The van der Waals surface area contributed by atoms with Gasteiger partial charge in [-0.2, -0.15) is 0 Å². The highest BCUT2D eigenvalue weighted by molar-refractivity contribution is 5.94. The molecule has 23 heavy (non-hydrogen) atoms. The monoisotopic (exact) mass is 317 g/mol. The first-order valence-corrected chi connectivity index (χ1v) is 7.21. The van der Waals surface area contributed by atoms with Gasteiger partial charge < -0.3 is 14.4 Å². The summed E-state index contributed by atoms with van der Waals surface area (Å²) in [7, 11) is 4.73. The fraction of sp³-hybridized carbons (Fsp3) is 0.278. The molecule has 2 aromatic rings. The first-order chi connectivity index (χ1) is 11.0. The molecule has 0 radical (unpaired) electrons. The van der Waals surface area contributed by atoms with Crippen LogP contribution in [0, 0.1) is 5.82 Å². The SMILES string of the molecule is COCc1ccc(C(=O)N(C)Cc2ccc(OC)c(F)c2)cc1. The van der Waals surface area contributed by atoms with Gasteiger partial charge in [0.2, 0.25) is 0 Å². The Bertz CT molecular complexity index is 670. The van der Waals surface area contributed by atoms with Crippen LogP contribution < -0.4 is 4.74 Å². The van der Waals surface area contributed by atoms with Gasteiger partial charge in [0.15, 0.2) is 11.6 Å². The number of nitrogens with zero attached hydrogens (tertiary/aromatic N) is 1. The summed E-state index contributed by atoms with van der Waals surface area (Å²) in [5.41, 5.74) is 2.29. The number of halogens is 1. The Hall–Kier alpha value is -2.40. The first-order valence-electron chi connectivity index (χ1n) is 7.21. The number of rotatable bonds is 6. The van der Waals surface area contributed by atoms with Gasteiger partial charge >= 0.3 is 0 Å². The molecule has 0 unspecified atom stereocenters. The minimum Gasteiger partial charge on any atom is -0.494 e. The molecule has 2 aromatic carbocycles. The molecule has 0 atom stereocenters. The molecule has 0 heterocycles. The minimum atomic E-state index is -0.435. The van der Waals surface area contributed by atoms with Crippen molar-refractivity contribution in [1.29, 1.82) is 0 Å². The Morgan fingerprint density at radius 1 is 1.09 bits per heavy atom. The molecule has 0 saturated heterocycles. The highest BCUT2D eigenvalue weighted by Crippen LogP contribution is 2.19. The lowest BCUT2D eigenvalue weighted by atomic mass is 10.1. The van der Waals surface area contributed by atoms with Crippen molar-refractivity contribution in [2.75, 3.05) is 21.3 Å². The first kappa shape index (κ1) is 17.0. The number of hydrogen-bond acceptors (Lipinski definition) is 3. The molecule has 0 saturated carbocycles. The Morgan fingerprint density at radius 3 is 2.30 bits per heavy atom. The van der Waals surface area contributed by atoms with E-state index in [1.807, 2.05) is 12.1 Å². The summed E-state index contributed by atoms with van der Waals surface area (Å²) in [5, 5.41) is 0. The van der Waals surface area contributed by atoms with E-state index in [2.05, 4.69) is 0 Å². The molecular weight excluding hydrogens is 297 g/mol. The van der Waals surface area contributed by atoms with Crippen molar-refractivity contribution in [3.63, 3.8) is 0 Å². The molecule has 0 N–H and O–H groups in total. The molecular formula is C18H20FNO3. The van der Waals surface area contributed by atoms with Gasteiger partial charge in [-0.05, 0) is 35.4 Å². The van der Waals surface area contributed by atoms with Crippen LogP contribution in [-0.2, 0) is 17.9 Å². The zero-order valence-electron chi connectivity index (χ0n) is 13.5. The Kier molecular flexibility index (Phi) is 5.71. The zero-order valence-corrected chi connectivity index (χ0v) is 13.5. The lowest BCUT2D eigenvalue weighted by Gasteiger charge is -2.18. The third-order valence-electron chi connectivity index (χ3n) is 3.49. The second-order valence-corrected chi connectivity index (χ2v) is 5.26. The molecule has 122 valence electrons. The van der Waals surface area contributed by atoms with Crippen LogP contribution in [0.15, 0.2) is 42.5 Å². The molecule has 4 nitrogen and oxygen atoms in total. The summed E-state index contributed by atoms with van der Waals surface area (Å²) in [4.78, 5) is 14.0. The van der Waals surface area contributed by atoms with E-state index in [0.29, 0.717) is 24.3 Å². The molecule has 1 amide bonds. The van der Waals surface area contributed by atoms with E-state index in [1.165, 1.54) is 13.2 Å². The van der Waals surface area contributed by atoms with E-state index in [0.717, 1.165) is 5.56 Å². The van der Waals surface area contributed by atoms with Gasteiger partial charge in [0.05, 0.1) is 13.7 Å². The van der Waals surface area contributed by atoms with Crippen LogP contribution in [0.3, 0.4) is 0 Å². The van der Waals surface area contributed by atoms with Gasteiger partial charge in [-0.1, -0.05) is 18.2 Å². The zero-order chi connectivity index (χ0) is 16.8.